The van der Waals surface area contributed by atoms with E-state index in [1.165, 1.54) is 4.90 Å². The van der Waals surface area contributed by atoms with Gasteiger partial charge < -0.3 is 10.2 Å². The fourth-order valence-electron chi connectivity index (χ4n) is 0.821. The Morgan fingerprint density at radius 2 is 1.80 bits per heavy atom. The predicted octanol–water partition coefficient (Wildman–Crippen LogP) is 0.471. The van der Waals surface area contributed by atoms with Gasteiger partial charge in [0, 0.05) is 25.4 Å². The van der Waals surface area contributed by atoms with Crippen LogP contribution < -0.4 is 5.32 Å². The summed E-state index contributed by atoms with van der Waals surface area (Å²) in [5.74, 6) is -0.0128. The second-order valence-electron chi connectivity index (χ2n) is 4.73. The second kappa shape index (κ2) is 4.83. The molecule has 0 unspecified atom stereocenters. The summed E-state index contributed by atoms with van der Waals surface area (Å²) >= 11 is 0. The summed E-state index contributed by atoms with van der Waals surface area (Å²) in [6, 6.07) is -0.258. The van der Waals surface area contributed by atoms with Crippen LogP contribution >= 0.6 is 0 Å². The van der Waals surface area contributed by atoms with Crippen molar-refractivity contribution >= 4 is 15.9 Å². The summed E-state index contributed by atoms with van der Waals surface area (Å²) in [5.41, 5.74) is -0.309. The summed E-state index contributed by atoms with van der Waals surface area (Å²) in [4.78, 5) is 12.9. The molecule has 90 valence electrons. The van der Waals surface area contributed by atoms with Crippen molar-refractivity contribution in [2.75, 3.05) is 25.6 Å². The number of sulfone groups is 1. The van der Waals surface area contributed by atoms with Gasteiger partial charge in [-0.05, 0) is 20.8 Å². The van der Waals surface area contributed by atoms with E-state index >= 15 is 0 Å². The molecular formula is C9H20N2O3S. The summed E-state index contributed by atoms with van der Waals surface area (Å²) in [6.07, 6.45) is 1.16. The maximum Gasteiger partial charge on any atom is 0.317 e. The molecule has 0 saturated heterocycles. The zero-order valence-corrected chi connectivity index (χ0v) is 10.8. The van der Waals surface area contributed by atoms with E-state index in [0.717, 1.165) is 6.26 Å². The predicted molar refractivity (Wildman–Crippen MR) is 60.6 cm³/mol. The number of nitrogens with zero attached hydrogens (tertiary/aromatic N) is 1. The van der Waals surface area contributed by atoms with Gasteiger partial charge in [-0.3, -0.25) is 0 Å². The quantitative estimate of drug-likeness (QED) is 0.774. The Morgan fingerprint density at radius 1 is 1.33 bits per heavy atom. The number of amides is 2. The number of carbonyl (C=O) groups is 1. The third kappa shape index (κ3) is 8.23. The molecule has 0 fully saturated rings. The molecule has 0 atom stereocenters. The molecule has 0 radical (unpaired) electrons. The van der Waals surface area contributed by atoms with Gasteiger partial charge >= 0.3 is 6.03 Å². The topological polar surface area (TPSA) is 66.5 Å². The summed E-state index contributed by atoms with van der Waals surface area (Å²) in [7, 11) is -1.44. The van der Waals surface area contributed by atoms with E-state index in [9.17, 15) is 13.2 Å². The van der Waals surface area contributed by atoms with Crippen molar-refractivity contribution in [3.8, 4) is 0 Å². The minimum absolute atomic E-state index is 0.0128. The molecule has 6 heteroatoms. The first-order valence-corrected chi connectivity index (χ1v) is 6.78. The maximum atomic E-state index is 11.5. The van der Waals surface area contributed by atoms with Crippen molar-refractivity contribution in [2.45, 2.75) is 26.3 Å². The molecule has 0 spiro atoms. The van der Waals surface area contributed by atoms with Crippen molar-refractivity contribution in [3.05, 3.63) is 0 Å². The molecule has 5 nitrogen and oxygen atoms in total. The molecular weight excluding hydrogens is 216 g/mol. The first-order chi connectivity index (χ1) is 6.51. The average Bonchev–Trinajstić information content (AvgIpc) is 1.95. The fraction of sp³-hybridized carbons (Fsp3) is 0.889. The van der Waals surface area contributed by atoms with Crippen molar-refractivity contribution < 1.29 is 13.2 Å². The zero-order valence-electron chi connectivity index (χ0n) is 9.99. The van der Waals surface area contributed by atoms with Gasteiger partial charge in [0.15, 0.2) is 0 Å². The third-order valence-electron chi connectivity index (χ3n) is 1.63. The van der Waals surface area contributed by atoms with Crippen LogP contribution in [0.4, 0.5) is 4.79 Å². The van der Waals surface area contributed by atoms with Crippen LogP contribution in [0, 0.1) is 0 Å². The van der Waals surface area contributed by atoms with Crippen molar-refractivity contribution in [3.63, 3.8) is 0 Å². The molecule has 2 amide bonds. The van der Waals surface area contributed by atoms with Crippen molar-refractivity contribution in [2.24, 2.45) is 0 Å². The molecule has 0 aromatic rings. The highest BCUT2D eigenvalue weighted by Gasteiger charge is 2.17. The minimum atomic E-state index is -3.02. The minimum Gasteiger partial charge on any atom is -0.333 e. The number of rotatable bonds is 3. The normalized spacial score (nSPS) is 12.3. The molecule has 0 aliphatic heterocycles. The van der Waals surface area contributed by atoms with Gasteiger partial charge in [0.05, 0.1) is 5.75 Å². The Bertz CT molecular complexity index is 317. The standard InChI is InChI=1S/C9H20N2O3S/c1-9(2,3)10-8(12)11(4)6-7-15(5,13)14/h6-7H2,1-5H3,(H,10,12). The molecule has 0 aromatic heterocycles. The number of carbonyl (C=O) groups excluding carboxylic acids is 1. The Morgan fingerprint density at radius 3 is 2.13 bits per heavy atom. The highest BCUT2D eigenvalue weighted by Crippen LogP contribution is 2.00. The van der Waals surface area contributed by atoms with Crippen LogP contribution in [0.3, 0.4) is 0 Å². The lowest BCUT2D eigenvalue weighted by Gasteiger charge is -2.25. The molecule has 0 bridgehead atoms. The average molecular weight is 236 g/mol. The van der Waals surface area contributed by atoms with E-state index in [0.29, 0.717) is 0 Å². The summed E-state index contributed by atoms with van der Waals surface area (Å²) in [6.45, 7) is 5.82. The van der Waals surface area contributed by atoms with E-state index < -0.39 is 9.84 Å². The Labute approximate surface area is 91.8 Å². The van der Waals surface area contributed by atoms with Gasteiger partial charge in [0.1, 0.15) is 9.84 Å². The Balaban J connectivity index is 4.12. The lowest BCUT2D eigenvalue weighted by Crippen LogP contribution is -2.48. The van der Waals surface area contributed by atoms with E-state index in [1.54, 1.807) is 7.05 Å². The van der Waals surface area contributed by atoms with E-state index in [-0.39, 0.29) is 23.9 Å². The smallest absolute Gasteiger partial charge is 0.317 e. The van der Waals surface area contributed by atoms with Crippen LogP contribution in [0.15, 0.2) is 0 Å². The lowest BCUT2D eigenvalue weighted by atomic mass is 10.1. The SMILES string of the molecule is CN(CCS(C)(=O)=O)C(=O)NC(C)(C)C. The van der Waals surface area contributed by atoms with Gasteiger partial charge in [-0.1, -0.05) is 0 Å². The Hall–Kier alpha value is -0.780. The van der Waals surface area contributed by atoms with E-state index in [2.05, 4.69) is 5.32 Å². The van der Waals surface area contributed by atoms with Gasteiger partial charge in [0.2, 0.25) is 0 Å². The Kier molecular flexibility index (Phi) is 4.58. The van der Waals surface area contributed by atoms with Crippen molar-refractivity contribution in [1.82, 2.24) is 10.2 Å². The van der Waals surface area contributed by atoms with Gasteiger partial charge in [0.25, 0.3) is 0 Å². The van der Waals surface area contributed by atoms with Crippen molar-refractivity contribution in [1.29, 1.82) is 0 Å². The van der Waals surface area contributed by atoms with Crippen LogP contribution in [-0.2, 0) is 9.84 Å². The molecule has 0 saturated carbocycles. The fourth-order valence-corrected chi connectivity index (χ4v) is 1.43. The molecule has 0 heterocycles. The molecule has 0 aliphatic rings. The highest BCUT2D eigenvalue weighted by molar-refractivity contribution is 7.90. The van der Waals surface area contributed by atoms with Crippen LogP contribution in [0.1, 0.15) is 20.8 Å². The number of hydrogen-bond acceptors (Lipinski definition) is 3. The molecule has 0 aromatic carbocycles. The summed E-state index contributed by atoms with van der Waals surface area (Å²) < 4.78 is 21.8. The van der Waals surface area contributed by atoms with Crippen LogP contribution in [0.5, 0.6) is 0 Å². The molecule has 15 heavy (non-hydrogen) atoms. The molecule has 0 rings (SSSR count). The van der Waals surface area contributed by atoms with Gasteiger partial charge in [-0.15, -0.1) is 0 Å². The number of urea groups is 1. The zero-order chi connectivity index (χ0) is 12.3. The van der Waals surface area contributed by atoms with Gasteiger partial charge in [-0.2, -0.15) is 0 Å². The third-order valence-corrected chi connectivity index (χ3v) is 2.55. The number of nitrogens with one attached hydrogen (secondary N) is 1. The highest BCUT2D eigenvalue weighted by atomic mass is 32.2. The first kappa shape index (κ1) is 14.2. The van der Waals surface area contributed by atoms with Crippen LogP contribution in [0.25, 0.3) is 0 Å². The molecule has 0 aliphatic carbocycles. The lowest BCUT2D eigenvalue weighted by molar-refractivity contribution is 0.202. The van der Waals surface area contributed by atoms with E-state index in [1.807, 2.05) is 20.8 Å². The van der Waals surface area contributed by atoms with E-state index in [4.69, 9.17) is 0 Å². The van der Waals surface area contributed by atoms with Gasteiger partial charge in [-0.25, -0.2) is 13.2 Å². The molecule has 1 N–H and O–H groups in total. The second-order valence-corrected chi connectivity index (χ2v) is 6.99. The maximum absolute atomic E-state index is 11.5. The van der Waals surface area contributed by atoms with Crippen LogP contribution in [-0.4, -0.2) is 50.5 Å². The largest absolute Gasteiger partial charge is 0.333 e. The van der Waals surface area contributed by atoms with Crippen LogP contribution in [0.2, 0.25) is 0 Å². The number of hydrogen-bond donors (Lipinski definition) is 1. The first-order valence-electron chi connectivity index (χ1n) is 4.72. The summed E-state index contributed by atoms with van der Waals surface area (Å²) in [5, 5.41) is 2.75. The monoisotopic (exact) mass is 236 g/mol.